The van der Waals surface area contributed by atoms with Gasteiger partial charge in [0.2, 0.25) is 21.8 Å². The SMILES string of the molecule is CCNC(=O)C(Cc1ccccc1)N(Cc1cccc(C)c1)C(=O)CN(c1ccc(C23CC4CC(CC(C4)C2)C3)cc1)S(C)(=O)=O. The summed E-state index contributed by atoms with van der Waals surface area (Å²) in [4.78, 5) is 29.5. The van der Waals surface area contributed by atoms with Gasteiger partial charge >= 0.3 is 0 Å². The summed E-state index contributed by atoms with van der Waals surface area (Å²) in [6, 6.07) is 24.6. The third-order valence-electron chi connectivity index (χ3n) is 10.5. The van der Waals surface area contributed by atoms with E-state index in [1.807, 2.05) is 80.6 Å². The summed E-state index contributed by atoms with van der Waals surface area (Å²) >= 11 is 0. The van der Waals surface area contributed by atoms with Crippen LogP contribution in [0.3, 0.4) is 0 Å². The molecule has 46 heavy (non-hydrogen) atoms. The first kappa shape index (κ1) is 32.3. The van der Waals surface area contributed by atoms with Crippen LogP contribution in [-0.2, 0) is 38.0 Å². The van der Waals surface area contributed by atoms with E-state index in [1.54, 1.807) is 4.90 Å². The molecule has 4 saturated carbocycles. The van der Waals surface area contributed by atoms with Gasteiger partial charge in [-0.25, -0.2) is 8.42 Å². The molecule has 4 fully saturated rings. The number of likely N-dealkylation sites (N-methyl/N-ethyl adjacent to an activating group) is 1. The van der Waals surface area contributed by atoms with Crippen LogP contribution in [0.2, 0.25) is 0 Å². The van der Waals surface area contributed by atoms with Crippen molar-refractivity contribution in [3.05, 3.63) is 101 Å². The van der Waals surface area contributed by atoms with Crippen molar-refractivity contribution in [1.29, 1.82) is 0 Å². The summed E-state index contributed by atoms with van der Waals surface area (Å²) in [6.07, 6.45) is 9.22. The molecule has 244 valence electrons. The molecule has 0 aromatic heterocycles. The van der Waals surface area contributed by atoms with Crippen LogP contribution in [0, 0.1) is 24.7 Å². The van der Waals surface area contributed by atoms with Crippen LogP contribution < -0.4 is 9.62 Å². The van der Waals surface area contributed by atoms with E-state index in [0.717, 1.165) is 40.7 Å². The molecule has 1 unspecified atom stereocenters. The zero-order valence-electron chi connectivity index (χ0n) is 27.3. The highest BCUT2D eigenvalue weighted by Crippen LogP contribution is 2.60. The Kier molecular flexibility index (Phi) is 9.28. The Hall–Kier alpha value is -3.65. The van der Waals surface area contributed by atoms with E-state index in [4.69, 9.17) is 0 Å². The van der Waals surface area contributed by atoms with Crippen LogP contribution in [0.25, 0.3) is 0 Å². The van der Waals surface area contributed by atoms with E-state index < -0.39 is 28.5 Å². The van der Waals surface area contributed by atoms with E-state index >= 15 is 0 Å². The molecule has 4 aliphatic rings. The quantitative estimate of drug-likeness (QED) is 0.263. The molecule has 3 aromatic carbocycles. The topological polar surface area (TPSA) is 86.8 Å². The van der Waals surface area contributed by atoms with Crippen LogP contribution in [0.5, 0.6) is 0 Å². The Morgan fingerprint density at radius 3 is 2.04 bits per heavy atom. The van der Waals surface area contributed by atoms with Crippen molar-refractivity contribution in [2.75, 3.05) is 23.7 Å². The highest BCUT2D eigenvalue weighted by atomic mass is 32.2. The summed E-state index contributed by atoms with van der Waals surface area (Å²) in [6.45, 7) is 4.04. The second kappa shape index (κ2) is 13.2. The van der Waals surface area contributed by atoms with Crippen molar-refractivity contribution in [3.8, 4) is 0 Å². The number of carbonyl (C=O) groups excluding carboxylic acids is 2. The largest absolute Gasteiger partial charge is 0.355 e. The molecule has 0 heterocycles. The van der Waals surface area contributed by atoms with Crippen molar-refractivity contribution in [2.45, 2.75) is 76.8 Å². The minimum absolute atomic E-state index is 0.178. The lowest BCUT2D eigenvalue weighted by Gasteiger charge is -2.57. The molecule has 1 atom stereocenters. The normalized spacial score (nSPS) is 23.9. The molecule has 0 radical (unpaired) electrons. The summed E-state index contributed by atoms with van der Waals surface area (Å²) in [7, 11) is -3.81. The molecule has 0 spiro atoms. The first-order chi connectivity index (χ1) is 22.0. The van der Waals surface area contributed by atoms with Gasteiger partial charge in [0.25, 0.3) is 0 Å². The number of hydrogen-bond donors (Lipinski definition) is 1. The van der Waals surface area contributed by atoms with Gasteiger partial charge in [0.05, 0.1) is 11.9 Å². The van der Waals surface area contributed by atoms with Gasteiger partial charge in [0.15, 0.2) is 0 Å². The van der Waals surface area contributed by atoms with E-state index in [-0.39, 0.29) is 17.9 Å². The molecule has 2 amide bonds. The third-order valence-corrected chi connectivity index (χ3v) is 11.7. The van der Waals surface area contributed by atoms with Crippen molar-refractivity contribution < 1.29 is 18.0 Å². The smallest absolute Gasteiger partial charge is 0.244 e. The number of amides is 2. The van der Waals surface area contributed by atoms with Crippen LogP contribution >= 0.6 is 0 Å². The predicted octanol–water partition coefficient (Wildman–Crippen LogP) is 6.01. The third kappa shape index (κ3) is 7.02. The Morgan fingerprint density at radius 2 is 1.48 bits per heavy atom. The highest BCUT2D eigenvalue weighted by molar-refractivity contribution is 7.92. The van der Waals surface area contributed by atoms with E-state index in [0.29, 0.717) is 18.7 Å². The predicted molar refractivity (Wildman–Crippen MR) is 183 cm³/mol. The van der Waals surface area contributed by atoms with Gasteiger partial charge in [-0.2, -0.15) is 0 Å². The zero-order chi connectivity index (χ0) is 32.5. The number of benzene rings is 3. The monoisotopic (exact) mass is 641 g/mol. The molecule has 0 aliphatic heterocycles. The highest BCUT2D eigenvalue weighted by Gasteiger charge is 2.51. The first-order valence-corrected chi connectivity index (χ1v) is 18.6. The second-order valence-corrected chi connectivity index (χ2v) is 16.0. The van der Waals surface area contributed by atoms with Crippen LogP contribution in [0.4, 0.5) is 5.69 Å². The van der Waals surface area contributed by atoms with Crippen molar-refractivity contribution in [3.63, 3.8) is 0 Å². The lowest BCUT2D eigenvalue weighted by atomic mass is 9.48. The minimum Gasteiger partial charge on any atom is -0.355 e. The van der Waals surface area contributed by atoms with Gasteiger partial charge < -0.3 is 10.2 Å². The van der Waals surface area contributed by atoms with Gasteiger partial charge in [-0.3, -0.25) is 13.9 Å². The number of aryl methyl sites for hydroxylation is 1. The number of nitrogens with one attached hydrogen (secondary N) is 1. The van der Waals surface area contributed by atoms with Gasteiger partial charge in [0.1, 0.15) is 12.6 Å². The summed E-state index contributed by atoms with van der Waals surface area (Å²) in [5, 5.41) is 2.91. The Balaban J connectivity index is 1.30. The molecule has 7 nitrogen and oxygen atoms in total. The Labute approximate surface area is 274 Å². The van der Waals surface area contributed by atoms with Crippen LogP contribution in [-0.4, -0.2) is 50.5 Å². The number of hydrogen-bond acceptors (Lipinski definition) is 4. The van der Waals surface area contributed by atoms with E-state index in [9.17, 15) is 18.0 Å². The fourth-order valence-corrected chi connectivity index (χ4v) is 9.76. The van der Waals surface area contributed by atoms with E-state index in [2.05, 4.69) is 17.4 Å². The van der Waals surface area contributed by atoms with Crippen molar-refractivity contribution >= 4 is 27.5 Å². The molecule has 7 rings (SSSR count). The Bertz CT molecular complexity index is 1620. The lowest BCUT2D eigenvalue weighted by Crippen LogP contribution is -2.53. The molecular formula is C38H47N3O4S. The first-order valence-electron chi connectivity index (χ1n) is 16.8. The number of sulfonamides is 1. The fourth-order valence-electron chi connectivity index (χ4n) is 8.91. The van der Waals surface area contributed by atoms with Gasteiger partial charge in [0, 0.05) is 19.5 Å². The number of anilines is 1. The standard InChI is InChI=1S/C38H47N3O4S/c1-4-39-37(43)35(21-28-10-6-5-7-11-28)40(25-29-12-8-9-27(2)17-29)36(42)26-41(46(3,44)45)34-15-13-33(14-16-34)38-22-30-18-31(23-38)20-32(19-30)24-38/h5-17,30-32,35H,4,18-26H2,1-3H3,(H,39,43). The summed E-state index contributed by atoms with van der Waals surface area (Å²) < 4.78 is 27.7. The summed E-state index contributed by atoms with van der Waals surface area (Å²) in [5.74, 6) is 1.74. The maximum absolute atomic E-state index is 14.3. The molecule has 4 aliphatic carbocycles. The summed E-state index contributed by atoms with van der Waals surface area (Å²) in [5.41, 5.74) is 4.80. The number of nitrogens with zero attached hydrogens (tertiary/aromatic N) is 2. The molecule has 4 bridgehead atoms. The minimum atomic E-state index is -3.81. The fraction of sp³-hybridized carbons (Fsp3) is 0.474. The number of carbonyl (C=O) groups is 2. The van der Waals surface area contributed by atoms with Crippen molar-refractivity contribution in [1.82, 2.24) is 10.2 Å². The average Bonchev–Trinajstić information content (AvgIpc) is 3.01. The maximum atomic E-state index is 14.3. The second-order valence-electron chi connectivity index (χ2n) is 14.1. The zero-order valence-corrected chi connectivity index (χ0v) is 28.1. The van der Waals surface area contributed by atoms with Crippen LogP contribution in [0.1, 0.15) is 67.7 Å². The maximum Gasteiger partial charge on any atom is 0.244 e. The Morgan fingerprint density at radius 1 is 0.870 bits per heavy atom. The molecule has 1 N–H and O–H groups in total. The van der Waals surface area contributed by atoms with Gasteiger partial charge in [-0.1, -0.05) is 72.3 Å². The molecular weight excluding hydrogens is 595 g/mol. The average molecular weight is 642 g/mol. The molecule has 8 heteroatoms. The van der Waals surface area contributed by atoms with Gasteiger partial charge in [-0.05, 0) is 104 Å². The molecule has 0 saturated heterocycles. The lowest BCUT2D eigenvalue weighted by molar-refractivity contribution is -0.140. The van der Waals surface area contributed by atoms with Crippen LogP contribution in [0.15, 0.2) is 78.9 Å². The number of rotatable bonds is 12. The van der Waals surface area contributed by atoms with Gasteiger partial charge in [-0.15, -0.1) is 0 Å². The van der Waals surface area contributed by atoms with E-state index in [1.165, 1.54) is 48.4 Å². The molecule has 3 aromatic rings. The van der Waals surface area contributed by atoms with Crippen molar-refractivity contribution in [2.24, 2.45) is 17.8 Å².